The monoisotopic (exact) mass is 318 g/mol. The van der Waals surface area contributed by atoms with E-state index >= 15 is 0 Å². The van der Waals surface area contributed by atoms with Crippen molar-refractivity contribution in [3.8, 4) is 5.88 Å². The van der Waals surface area contributed by atoms with Crippen LogP contribution in [0.25, 0.3) is 0 Å². The number of ether oxygens (including phenoxy) is 1. The van der Waals surface area contributed by atoms with Gasteiger partial charge in [0, 0.05) is 38.5 Å². The Labute approximate surface area is 132 Å². The highest BCUT2D eigenvalue weighted by Crippen LogP contribution is 2.13. The van der Waals surface area contributed by atoms with Gasteiger partial charge < -0.3 is 10.1 Å². The summed E-state index contributed by atoms with van der Waals surface area (Å²) in [5.74, 6) is -0.0817. The number of pyridine rings is 1. The van der Waals surface area contributed by atoms with Gasteiger partial charge in [-0.3, -0.25) is 18.7 Å². The third-order valence-electron chi connectivity index (χ3n) is 3.33. The van der Waals surface area contributed by atoms with Crippen LogP contribution in [0.1, 0.15) is 23.0 Å². The molecule has 1 amide bonds. The Kier molecular flexibility index (Phi) is 4.95. The van der Waals surface area contributed by atoms with Gasteiger partial charge in [0.05, 0.1) is 6.61 Å². The summed E-state index contributed by atoms with van der Waals surface area (Å²) in [4.78, 5) is 39.9. The second kappa shape index (κ2) is 6.91. The summed E-state index contributed by atoms with van der Waals surface area (Å²) in [6.07, 6.45) is 1.60. The van der Waals surface area contributed by atoms with E-state index in [2.05, 4.69) is 10.3 Å². The number of amides is 1. The summed E-state index contributed by atoms with van der Waals surface area (Å²) in [6.45, 7) is 2.47. The standard InChI is InChI=1S/C15H18N4O4/c1-4-23-14-10(6-5-7-16-14)9-17-13(21)11-8-12(20)19(3)15(22)18(11)2/h5-8H,4,9H2,1-3H3,(H,17,21). The molecule has 0 aliphatic rings. The van der Waals surface area contributed by atoms with Crippen LogP contribution in [0.15, 0.2) is 34.0 Å². The van der Waals surface area contributed by atoms with Gasteiger partial charge in [0.2, 0.25) is 5.88 Å². The molecule has 8 nitrogen and oxygen atoms in total. The lowest BCUT2D eigenvalue weighted by Gasteiger charge is -2.11. The number of nitrogens with one attached hydrogen (secondary N) is 1. The van der Waals surface area contributed by atoms with Crippen molar-refractivity contribution in [2.75, 3.05) is 6.61 Å². The summed E-state index contributed by atoms with van der Waals surface area (Å²) in [5.41, 5.74) is -0.384. The maximum absolute atomic E-state index is 12.2. The molecule has 0 aliphatic heterocycles. The fraction of sp³-hybridized carbons (Fsp3) is 0.333. The van der Waals surface area contributed by atoms with Crippen LogP contribution in [-0.2, 0) is 20.6 Å². The highest BCUT2D eigenvalue weighted by atomic mass is 16.5. The van der Waals surface area contributed by atoms with E-state index in [1.54, 1.807) is 18.3 Å². The minimum atomic E-state index is -0.556. The number of aromatic nitrogens is 3. The van der Waals surface area contributed by atoms with Gasteiger partial charge in [-0.2, -0.15) is 0 Å². The Morgan fingerprint density at radius 3 is 2.74 bits per heavy atom. The molecular weight excluding hydrogens is 300 g/mol. The lowest BCUT2D eigenvalue weighted by atomic mass is 10.2. The highest BCUT2D eigenvalue weighted by molar-refractivity contribution is 5.92. The van der Waals surface area contributed by atoms with E-state index in [9.17, 15) is 14.4 Å². The Balaban J connectivity index is 2.21. The van der Waals surface area contributed by atoms with Crippen molar-refractivity contribution >= 4 is 5.91 Å². The van der Waals surface area contributed by atoms with Crippen molar-refractivity contribution in [3.63, 3.8) is 0 Å². The summed E-state index contributed by atoms with van der Waals surface area (Å²) in [6, 6.07) is 4.64. The van der Waals surface area contributed by atoms with Crippen molar-refractivity contribution in [3.05, 3.63) is 56.5 Å². The molecule has 0 aliphatic carbocycles. The SMILES string of the molecule is CCOc1ncccc1CNC(=O)c1cc(=O)n(C)c(=O)n1C. The lowest BCUT2D eigenvalue weighted by Crippen LogP contribution is -2.41. The minimum Gasteiger partial charge on any atom is -0.478 e. The van der Waals surface area contributed by atoms with Gasteiger partial charge in [0.25, 0.3) is 11.5 Å². The zero-order valence-corrected chi connectivity index (χ0v) is 13.2. The molecule has 2 aromatic heterocycles. The highest BCUT2D eigenvalue weighted by Gasteiger charge is 2.14. The zero-order valence-electron chi connectivity index (χ0n) is 13.2. The van der Waals surface area contributed by atoms with E-state index in [-0.39, 0.29) is 12.2 Å². The third kappa shape index (κ3) is 3.47. The molecular formula is C15H18N4O4. The molecule has 0 fully saturated rings. The van der Waals surface area contributed by atoms with E-state index in [4.69, 9.17) is 4.74 Å². The van der Waals surface area contributed by atoms with Crippen molar-refractivity contribution in [1.82, 2.24) is 19.4 Å². The first-order chi connectivity index (χ1) is 11.0. The largest absolute Gasteiger partial charge is 0.478 e. The van der Waals surface area contributed by atoms with Crippen molar-refractivity contribution in [2.24, 2.45) is 14.1 Å². The molecule has 23 heavy (non-hydrogen) atoms. The molecule has 0 atom stereocenters. The zero-order chi connectivity index (χ0) is 17.0. The number of carbonyl (C=O) groups is 1. The Hall–Kier alpha value is -2.90. The number of hydrogen-bond acceptors (Lipinski definition) is 5. The molecule has 122 valence electrons. The number of carbonyl (C=O) groups excluding carboxylic acids is 1. The quantitative estimate of drug-likeness (QED) is 0.824. The van der Waals surface area contributed by atoms with Crippen LogP contribution in [0.4, 0.5) is 0 Å². The lowest BCUT2D eigenvalue weighted by molar-refractivity contribution is 0.0940. The normalized spacial score (nSPS) is 10.4. The van der Waals surface area contributed by atoms with Crippen molar-refractivity contribution in [1.29, 1.82) is 0 Å². The van der Waals surface area contributed by atoms with Crippen LogP contribution >= 0.6 is 0 Å². The number of nitrogens with zero attached hydrogens (tertiary/aromatic N) is 3. The summed E-state index contributed by atoms with van der Waals surface area (Å²) in [5, 5.41) is 2.66. The minimum absolute atomic E-state index is 0.0000461. The van der Waals surface area contributed by atoms with E-state index < -0.39 is 17.2 Å². The second-order valence-corrected chi connectivity index (χ2v) is 4.85. The van der Waals surface area contributed by atoms with Crippen LogP contribution in [0, 0.1) is 0 Å². The average Bonchev–Trinajstić information content (AvgIpc) is 2.55. The van der Waals surface area contributed by atoms with Gasteiger partial charge in [0.15, 0.2) is 0 Å². The fourth-order valence-electron chi connectivity index (χ4n) is 2.04. The Bertz CT molecular complexity index is 838. The molecule has 0 saturated heterocycles. The molecule has 0 unspecified atom stereocenters. The van der Waals surface area contributed by atoms with E-state index in [0.29, 0.717) is 18.1 Å². The Morgan fingerprint density at radius 1 is 1.30 bits per heavy atom. The fourth-order valence-corrected chi connectivity index (χ4v) is 2.04. The van der Waals surface area contributed by atoms with Gasteiger partial charge in [-0.15, -0.1) is 0 Å². The van der Waals surface area contributed by atoms with Crippen LogP contribution in [-0.4, -0.2) is 26.6 Å². The molecule has 0 aromatic carbocycles. The maximum Gasteiger partial charge on any atom is 0.331 e. The predicted molar refractivity (Wildman–Crippen MR) is 83.5 cm³/mol. The van der Waals surface area contributed by atoms with Gasteiger partial charge in [-0.05, 0) is 13.0 Å². The molecule has 2 rings (SSSR count). The summed E-state index contributed by atoms with van der Waals surface area (Å²) >= 11 is 0. The van der Waals surface area contributed by atoms with E-state index in [1.165, 1.54) is 14.1 Å². The molecule has 2 heterocycles. The number of rotatable bonds is 5. The van der Waals surface area contributed by atoms with Gasteiger partial charge in [-0.1, -0.05) is 6.07 Å². The van der Waals surface area contributed by atoms with Crippen LogP contribution in [0.3, 0.4) is 0 Å². The first-order valence-corrected chi connectivity index (χ1v) is 7.07. The Morgan fingerprint density at radius 2 is 2.04 bits per heavy atom. The van der Waals surface area contributed by atoms with Crippen LogP contribution in [0.2, 0.25) is 0 Å². The van der Waals surface area contributed by atoms with Gasteiger partial charge in [0.1, 0.15) is 5.69 Å². The van der Waals surface area contributed by atoms with Crippen molar-refractivity contribution in [2.45, 2.75) is 13.5 Å². The van der Waals surface area contributed by atoms with E-state index in [1.807, 2.05) is 6.92 Å². The van der Waals surface area contributed by atoms with Gasteiger partial charge in [-0.25, -0.2) is 9.78 Å². The number of hydrogen-bond donors (Lipinski definition) is 1. The smallest absolute Gasteiger partial charge is 0.331 e. The van der Waals surface area contributed by atoms with Crippen LogP contribution < -0.4 is 21.3 Å². The van der Waals surface area contributed by atoms with Crippen LogP contribution in [0.5, 0.6) is 5.88 Å². The summed E-state index contributed by atoms with van der Waals surface area (Å²) in [7, 11) is 2.79. The third-order valence-corrected chi connectivity index (χ3v) is 3.33. The molecule has 0 bridgehead atoms. The molecule has 0 radical (unpaired) electrons. The van der Waals surface area contributed by atoms with Gasteiger partial charge >= 0.3 is 5.69 Å². The maximum atomic E-state index is 12.2. The molecule has 0 saturated carbocycles. The molecule has 8 heteroatoms. The molecule has 1 N–H and O–H groups in total. The molecule has 0 spiro atoms. The first-order valence-electron chi connectivity index (χ1n) is 7.07. The van der Waals surface area contributed by atoms with E-state index in [0.717, 1.165) is 15.2 Å². The second-order valence-electron chi connectivity index (χ2n) is 4.85. The predicted octanol–water partition coefficient (Wildman–Crippen LogP) is -0.192. The molecule has 2 aromatic rings. The van der Waals surface area contributed by atoms with Crippen molar-refractivity contribution < 1.29 is 9.53 Å². The summed E-state index contributed by atoms with van der Waals surface area (Å²) < 4.78 is 7.45. The topological polar surface area (TPSA) is 95.2 Å². The first kappa shape index (κ1) is 16.5. The average molecular weight is 318 g/mol.